The van der Waals surface area contributed by atoms with Crippen LogP contribution in [0, 0.1) is 12.7 Å². The molecule has 0 amide bonds. The fourth-order valence-corrected chi connectivity index (χ4v) is 2.08. The van der Waals surface area contributed by atoms with Gasteiger partial charge in [0.1, 0.15) is 5.82 Å². The SMILES string of the molecule is Cc1cc([C@@H](N)[C@@H](O)Cc2ccccc2)ccc1F.Cl. The maximum atomic E-state index is 13.2. The van der Waals surface area contributed by atoms with E-state index >= 15 is 0 Å². The smallest absolute Gasteiger partial charge is 0.126 e. The monoisotopic (exact) mass is 295 g/mol. The molecule has 20 heavy (non-hydrogen) atoms. The van der Waals surface area contributed by atoms with Crippen LogP contribution in [0.2, 0.25) is 0 Å². The third-order valence-electron chi connectivity index (χ3n) is 3.27. The molecule has 0 aliphatic rings. The molecule has 0 saturated heterocycles. The quantitative estimate of drug-likeness (QED) is 0.910. The van der Waals surface area contributed by atoms with Gasteiger partial charge in [-0.05, 0) is 29.7 Å². The summed E-state index contributed by atoms with van der Waals surface area (Å²) < 4.78 is 13.2. The van der Waals surface area contributed by atoms with Gasteiger partial charge in [-0.3, -0.25) is 0 Å². The third-order valence-corrected chi connectivity index (χ3v) is 3.27. The van der Waals surface area contributed by atoms with Crippen molar-refractivity contribution in [2.75, 3.05) is 0 Å². The van der Waals surface area contributed by atoms with E-state index < -0.39 is 12.1 Å². The van der Waals surface area contributed by atoms with Crippen LogP contribution in [0.3, 0.4) is 0 Å². The van der Waals surface area contributed by atoms with E-state index in [2.05, 4.69) is 0 Å². The van der Waals surface area contributed by atoms with Crippen molar-refractivity contribution in [3.05, 3.63) is 71.0 Å². The highest BCUT2D eigenvalue weighted by Gasteiger charge is 2.17. The summed E-state index contributed by atoms with van der Waals surface area (Å²) in [6, 6.07) is 13.9. The van der Waals surface area contributed by atoms with Gasteiger partial charge in [0.15, 0.2) is 0 Å². The van der Waals surface area contributed by atoms with Gasteiger partial charge in [0.05, 0.1) is 12.1 Å². The maximum absolute atomic E-state index is 13.2. The Balaban J connectivity index is 0.00000200. The summed E-state index contributed by atoms with van der Waals surface area (Å²) in [6.07, 6.45) is -0.203. The molecule has 0 fully saturated rings. The standard InChI is InChI=1S/C16H18FNO.ClH/c1-11-9-13(7-8-14(11)17)16(18)15(19)10-12-5-3-2-4-6-12;/h2-9,15-16,19H,10,18H2,1H3;1H/t15-,16+;/m0./s1. The first-order valence-electron chi connectivity index (χ1n) is 6.31. The zero-order valence-electron chi connectivity index (χ0n) is 11.3. The highest BCUT2D eigenvalue weighted by molar-refractivity contribution is 5.85. The van der Waals surface area contributed by atoms with Gasteiger partial charge in [-0.25, -0.2) is 4.39 Å². The number of halogens is 2. The van der Waals surface area contributed by atoms with E-state index in [1.807, 2.05) is 30.3 Å². The van der Waals surface area contributed by atoms with Crippen molar-refractivity contribution in [1.29, 1.82) is 0 Å². The molecule has 108 valence electrons. The van der Waals surface area contributed by atoms with Crippen LogP contribution in [0.4, 0.5) is 4.39 Å². The van der Waals surface area contributed by atoms with E-state index in [1.54, 1.807) is 19.1 Å². The molecule has 0 aliphatic heterocycles. The van der Waals surface area contributed by atoms with E-state index in [1.165, 1.54) is 6.07 Å². The Morgan fingerprint density at radius 1 is 1.15 bits per heavy atom. The minimum absolute atomic E-state index is 0. The van der Waals surface area contributed by atoms with Crippen LogP contribution in [0.5, 0.6) is 0 Å². The Labute approximate surface area is 124 Å². The number of aliphatic hydroxyl groups is 1. The van der Waals surface area contributed by atoms with Crippen LogP contribution in [0.15, 0.2) is 48.5 Å². The number of aliphatic hydroxyl groups excluding tert-OH is 1. The summed E-state index contributed by atoms with van der Waals surface area (Å²) in [5.74, 6) is -0.256. The van der Waals surface area contributed by atoms with Gasteiger partial charge in [-0.1, -0.05) is 42.5 Å². The Hall–Kier alpha value is -1.42. The maximum Gasteiger partial charge on any atom is 0.126 e. The van der Waals surface area contributed by atoms with Gasteiger partial charge in [-0.15, -0.1) is 12.4 Å². The second-order valence-corrected chi connectivity index (χ2v) is 4.79. The number of aryl methyl sites for hydroxylation is 1. The average molecular weight is 296 g/mol. The fraction of sp³-hybridized carbons (Fsp3) is 0.250. The van der Waals surface area contributed by atoms with E-state index in [9.17, 15) is 9.50 Å². The van der Waals surface area contributed by atoms with E-state index in [0.717, 1.165) is 11.1 Å². The van der Waals surface area contributed by atoms with Crippen LogP contribution < -0.4 is 5.73 Å². The zero-order chi connectivity index (χ0) is 13.8. The van der Waals surface area contributed by atoms with Crippen LogP contribution in [-0.2, 0) is 6.42 Å². The first kappa shape index (κ1) is 16.6. The van der Waals surface area contributed by atoms with Crippen molar-refractivity contribution in [2.45, 2.75) is 25.5 Å². The molecule has 0 heterocycles. The molecular formula is C16H19ClFNO. The Morgan fingerprint density at radius 2 is 1.80 bits per heavy atom. The van der Waals surface area contributed by atoms with Gasteiger partial charge in [-0.2, -0.15) is 0 Å². The van der Waals surface area contributed by atoms with Crippen LogP contribution in [-0.4, -0.2) is 11.2 Å². The number of rotatable bonds is 4. The number of hydrogen-bond acceptors (Lipinski definition) is 2. The van der Waals surface area contributed by atoms with Gasteiger partial charge in [0.25, 0.3) is 0 Å². The Bertz CT molecular complexity index is 547. The van der Waals surface area contributed by atoms with Crippen LogP contribution >= 0.6 is 12.4 Å². The second kappa shape index (κ2) is 7.39. The highest BCUT2D eigenvalue weighted by atomic mass is 35.5. The molecule has 0 bridgehead atoms. The molecule has 2 atom stereocenters. The van der Waals surface area contributed by atoms with Crippen molar-refractivity contribution in [1.82, 2.24) is 0 Å². The number of benzene rings is 2. The van der Waals surface area contributed by atoms with Crippen LogP contribution in [0.1, 0.15) is 22.7 Å². The lowest BCUT2D eigenvalue weighted by Gasteiger charge is -2.20. The second-order valence-electron chi connectivity index (χ2n) is 4.79. The van der Waals surface area contributed by atoms with Gasteiger partial charge >= 0.3 is 0 Å². The summed E-state index contributed by atoms with van der Waals surface area (Å²) in [7, 11) is 0. The van der Waals surface area contributed by atoms with Crippen molar-refractivity contribution < 1.29 is 9.50 Å². The van der Waals surface area contributed by atoms with Crippen molar-refractivity contribution >= 4 is 12.4 Å². The first-order valence-corrected chi connectivity index (χ1v) is 6.31. The van der Waals surface area contributed by atoms with Crippen LogP contribution in [0.25, 0.3) is 0 Å². The molecule has 3 N–H and O–H groups in total. The molecule has 2 aromatic rings. The molecule has 0 radical (unpaired) electrons. The minimum atomic E-state index is -0.688. The van der Waals surface area contributed by atoms with Crippen molar-refractivity contribution in [3.8, 4) is 0 Å². The zero-order valence-corrected chi connectivity index (χ0v) is 12.1. The molecule has 0 unspecified atom stereocenters. The van der Waals surface area contributed by atoms with Crippen molar-refractivity contribution in [2.24, 2.45) is 5.73 Å². The summed E-state index contributed by atoms with van der Waals surface area (Å²) >= 11 is 0. The third kappa shape index (κ3) is 4.04. The highest BCUT2D eigenvalue weighted by Crippen LogP contribution is 2.20. The molecule has 2 rings (SSSR count). The largest absolute Gasteiger partial charge is 0.391 e. The average Bonchev–Trinajstić information content (AvgIpc) is 2.42. The molecule has 0 spiro atoms. The summed E-state index contributed by atoms with van der Waals surface area (Å²) in [5.41, 5.74) is 8.36. The predicted octanol–water partition coefficient (Wildman–Crippen LogP) is 3.16. The molecule has 2 aromatic carbocycles. The van der Waals surface area contributed by atoms with Crippen molar-refractivity contribution in [3.63, 3.8) is 0 Å². The minimum Gasteiger partial charge on any atom is -0.391 e. The molecule has 0 saturated carbocycles. The lowest BCUT2D eigenvalue weighted by atomic mass is 9.96. The lowest BCUT2D eigenvalue weighted by Crippen LogP contribution is -2.28. The summed E-state index contributed by atoms with van der Waals surface area (Å²) in [4.78, 5) is 0. The molecular weight excluding hydrogens is 277 g/mol. The fourth-order valence-electron chi connectivity index (χ4n) is 2.08. The summed E-state index contributed by atoms with van der Waals surface area (Å²) in [6.45, 7) is 1.69. The molecule has 4 heteroatoms. The first-order chi connectivity index (χ1) is 9.08. The van der Waals surface area contributed by atoms with E-state index in [0.29, 0.717) is 12.0 Å². The van der Waals surface area contributed by atoms with E-state index in [4.69, 9.17) is 5.73 Å². The Kier molecular flexibility index (Phi) is 6.14. The normalized spacial score (nSPS) is 13.4. The Morgan fingerprint density at radius 3 is 2.40 bits per heavy atom. The van der Waals surface area contributed by atoms with E-state index in [-0.39, 0.29) is 18.2 Å². The lowest BCUT2D eigenvalue weighted by molar-refractivity contribution is 0.145. The number of nitrogens with two attached hydrogens (primary N) is 1. The summed E-state index contributed by atoms with van der Waals surface area (Å²) in [5, 5.41) is 10.2. The predicted molar refractivity (Wildman–Crippen MR) is 81.5 cm³/mol. The topological polar surface area (TPSA) is 46.2 Å². The molecule has 2 nitrogen and oxygen atoms in total. The molecule has 0 aliphatic carbocycles. The van der Waals surface area contributed by atoms with Gasteiger partial charge in [0, 0.05) is 6.42 Å². The van der Waals surface area contributed by atoms with Gasteiger partial charge < -0.3 is 10.8 Å². The number of hydrogen-bond donors (Lipinski definition) is 2. The van der Waals surface area contributed by atoms with Gasteiger partial charge in [0.2, 0.25) is 0 Å². The molecule has 0 aromatic heterocycles.